The molecule has 7 heteroatoms. The third kappa shape index (κ3) is 2.93. The summed E-state index contributed by atoms with van der Waals surface area (Å²) < 4.78 is 5.45. The summed E-state index contributed by atoms with van der Waals surface area (Å²) in [6.45, 7) is 1.91. The average Bonchev–Trinajstić information content (AvgIpc) is 2.72. The molecule has 0 bridgehead atoms. The fourth-order valence-corrected chi connectivity index (χ4v) is 3.47. The number of hydrogen-bond acceptors (Lipinski definition) is 5. The van der Waals surface area contributed by atoms with E-state index in [2.05, 4.69) is 10.3 Å². The van der Waals surface area contributed by atoms with E-state index >= 15 is 0 Å². The predicted molar refractivity (Wildman–Crippen MR) is 110 cm³/mol. The first-order valence-electron chi connectivity index (χ1n) is 8.59. The molecule has 1 N–H and O–H groups in total. The molecule has 1 heterocycles. The van der Waals surface area contributed by atoms with Crippen LogP contribution in [0.25, 0.3) is 21.8 Å². The highest BCUT2D eigenvalue weighted by molar-refractivity contribution is 6.59. The number of carbonyl (C=O) groups excluding carboxylic acids is 2. The molecular formula is C21H14Cl2N2O3. The summed E-state index contributed by atoms with van der Waals surface area (Å²) in [5, 5.41) is 4.01. The van der Waals surface area contributed by atoms with E-state index in [4.69, 9.17) is 27.9 Å². The van der Waals surface area contributed by atoms with Crippen molar-refractivity contribution in [3.05, 3.63) is 70.1 Å². The lowest BCUT2D eigenvalue weighted by Crippen LogP contribution is -2.26. The van der Waals surface area contributed by atoms with Crippen LogP contribution in [-0.2, 0) is 14.3 Å². The van der Waals surface area contributed by atoms with Crippen molar-refractivity contribution in [3.8, 4) is 0 Å². The SMILES string of the molecule is CCOC1=C(Nc2c3ccccc3nc3ccccc23)C(=O)C(Cl)=C(Cl)C1=O. The van der Waals surface area contributed by atoms with Gasteiger partial charge in [0.25, 0.3) is 0 Å². The third-order valence-electron chi connectivity index (χ3n) is 4.38. The van der Waals surface area contributed by atoms with Gasteiger partial charge in [0.05, 0.1) is 23.3 Å². The van der Waals surface area contributed by atoms with Gasteiger partial charge in [-0.25, -0.2) is 4.98 Å². The van der Waals surface area contributed by atoms with E-state index in [1.807, 2.05) is 48.5 Å². The lowest BCUT2D eigenvalue weighted by molar-refractivity contribution is -0.118. The Morgan fingerprint density at radius 1 is 0.893 bits per heavy atom. The van der Waals surface area contributed by atoms with E-state index in [1.54, 1.807) is 6.92 Å². The number of pyridine rings is 1. The van der Waals surface area contributed by atoms with Crippen LogP contribution in [0.2, 0.25) is 0 Å². The number of Topliss-reactive ketones (excluding diaryl/α,β-unsaturated/α-hetero) is 2. The topological polar surface area (TPSA) is 68.3 Å². The zero-order chi connectivity index (χ0) is 19.8. The molecule has 1 aliphatic carbocycles. The zero-order valence-electron chi connectivity index (χ0n) is 14.8. The van der Waals surface area contributed by atoms with Crippen LogP contribution in [0.15, 0.2) is 70.1 Å². The molecule has 5 nitrogen and oxygen atoms in total. The first-order valence-corrected chi connectivity index (χ1v) is 9.34. The van der Waals surface area contributed by atoms with Crippen LogP contribution in [0.4, 0.5) is 5.69 Å². The average molecular weight is 413 g/mol. The smallest absolute Gasteiger partial charge is 0.242 e. The molecule has 0 amide bonds. The summed E-state index contributed by atoms with van der Waals surface area (Å²) in [5.74, 6) is -1.37. The first-order chi connectivity index (χ1) is 13.5. The molecule has 0 atom stereocenters. The summed E-state index contributed by atoms with van der Waals surface area (Å²) in [7, 11) is 0. The van der Waals surface area contributed by atoms with Gasteiger partial charge in [0, 0.05) is 10.8 Å². The lowest BCUT2D eigenvalue weighted by atomic mass is 10.0. The number of hydrogen-bond donors (Lipinski definition) is 1. The maximum Gasteiger partial charge on any atom is 0.242 e. The van der Waals surface area contributed by atoms with Crippen LogP contribution in [-0.4, -0.2) is 23.2 Å². The number of fused-ring (bicyclic) bond motifs is 2. The van der Waals surface area contributed by atoms with Crippen molar-refractivity contribution in [3.63, 3.8) is 0 Å². The van der Waals surface area contributed by atoms with Crippen LogP contribution in [0, 0.1) is 0 Å². The first kappa shape index (κ1) is 18.5. The number of nitrogens with one attached hydrogen (secondary N) is 1. The van der Waals surface area contributed by atoms with Gasteiger partial charge >= 0.3 is 0 Å². The maximum absolute atomic E-state index is 12.8. The summed E-state index contributed by atoms with van der Waals surface area (Å²) in [6.07, 6.45) is 0. The molecule has 0 spiro atoms. The molecule has 0 aliphatic heterocycles. The Bertz CT molecular complexity index is 1160. The number of aromatic nitrogens is 1. The second-order valence-corrected chi connectivity index (χ2v) is 6.83. The lowest BCUT2D eigenvalue weighted by Gasteiger charge is -2.21. The minimum atomic E-state index is -0.627. The summed E-state index contributed by atoms with van der Waals surface area (Å²) in [5.41, 5.74) is 2.09. The van der Waals surface area contributed by atoms with Gasteiger partial charge in [-0.1, -0.05) is 59.6 Å². The molecule has 2 aromatic carbocycles. The van der Waals surface area contributed by atoms with Crippen molar-refractivity contribution in [2.45, 2.75) is 6.92 Å². The van der Waals surface area contributed by atoms with Crippen molar-refractivity contribution in [2.75, 3.05) is 11.9 Å². The number of nitrogens with zero attached hydrogens (tertiary/aromatic N) is 1. The molecule has 140 valence electrons. The number of rotatable bonds is 4. The van der Waals surface area contributed by atoms with E-state index < -0.39 is 11.6 Å². The van der Waals surface area contributed by atoms with Crippen molar-refractivity contribution in [1.82, 2.24) is 4.98 Å². The fourth-order valence-electron chi connectivity index (χ4n) is 3.12. The summed E-state index contributed by atoms with van der Waals surface area (Å²) in [4.78, 5) is 30.0. The maximum atomic E-state index is 12.8. The minimum Gasteiger partial charge on any atom is -0.488 e. The molecule has 0 saturated carbocycles. The van der Waals surface area contributed by atoms with Crippen molar-refractivity contribution in [1.29, 1.82) is 0 Å². The van der Waals surface area contributed by atoms with E-state index in [0.29, 0.717) is 5.69 Å². The van der Waals surface area contributed by atoms with E-state index in [-0.39, 0.29) is 28.1 Å². The van der Waals surface area contributed by atoms with Crippen LogP contribution in [0.1, 0.15) is 6.92 Å². The van der Waals surface area contributed by atoms with E-state index in [0.717, 1.165) is 21.8 Å². The van der Waals surface area contributed by atoms with Gasteiger partial charge in [0.2, 0.25) is 11.6 Å². The Balaban J connectivity index is 1.97. The van der Waals surface area contributed by atoms with Crippen molar-refractivity contribution < 1.29 is 14.3 Å². The predicted octanol–water partition coefficient (Wildman–Crippen LogP) is 4.89. The third-order valence-corrected chi connectivity index (χ3v) is 5.20. The highest BCUT2D eigenvalue weighted by Crippen LogP contribution is 2.35. The summed E-state index contributed by atoms with van der Waals surface area (Å²) >= 11 is 11.9. The molecule has 0 saturated heterocycles. The molecule has 4 rings (SSSR count). The van der Waals surface area contributed by atoms with Gasteiger partial charge < -0.3 is 10.1 Å². The summed E-state index contributed by atoms with van der Waals surface area (Å²) in [6, 6.07) is 15.0. The van der Waals surface area contributed by atoms with Crippen molar-refractivity contribution in [2.24, 2.45) is 0 Å². The molecule has 0 fully saturated rings. The van der Waals surface area contributed by atoms with Crippen LogP contribution >= 0.6 is 23.2 Å². The van der Waals surface area contributed by atoms with Crippen molar-refractivity contribution >= 4 is 62.3 Å². The van der Waals surface area contributed by atoms with E-state index in [1.165, 1.54) is 0 Å². The van der Waals surface area contributed by atoms with Gasteiger partial charge in [0.15, 0.2) is 5.76 Å². The number of allylic oxidation sites excluding steroid dienone is 2. The molecule has 3 aromatic rings. The number of para-hydroxylation sites is 2. The van der Waals surface area contributed by atoms with Crippen LogP contribution in [0.5, 0.6) is 0 Å². The number of ketones is 2. The Kier molecular flexibility index (Phi) is 4.79. The standard InChI is InChI=1S/C21H14Cl2N2O3/c1-2-28-21-18(19(26)15(22)16(23)20(21)27)25-17-11-7-3-5-9-13(11)24-14-10-6-4-8-12(14)17/h3-10H,2H2,1H3,(H,24,25). The molecule has 1 aromatic heterocycles. The number of benzene rings is 2. The van der Waals surface area contributed by atoms with Gasteiger partial charge in [-0.3, -0.25) is 9.59 Å². The highest BCUT2D eigenvalue weighted by Gasteiger charge is 2.35. The number of carbonyl (C=O) groups is 2. The molecule has 28 heavy (non-hydrogen) atoms. The Morgan fingerprint density at radius 3 is 2.00 bits per heavy atom. The Labute approximate surface area is 170 Å². The van der Waals surface area contributed by atoms with Gasteiger partial charge in [-0.2, -0.15) is 0 Å². The van der Waals surface area contributed by atoms with E-state index in [9.17, 15) is 9.59 Å². The molecule has 1 aliphatic rings. The second kappa shape index (κ2) is 7.26. The number of anilines is 1. The van der Waals surface area contributed by atoms with Gasteiger partial charge in [-0.15, -0.1) is 0 Å². The number of ether oxygens (including phenoxy) is 1. The molecule has 0 radical (unpaired) electrons. The van der Waals surface area contributed by atoms with Crippen LogP contribution < -0.4 is 5.32 Å². The minimum absolute atomic E-state index is 0.0391. The fraction of sp³-hybridized carbons (Fsp3) is 0.0952. The quantitative estimate of drug-likeness (QED) is 0.487. The normalized spacial score (nSPS) is 15.0. The molecule has 0 unspecified atom stereocenters. The highest BCUT2D eigenvalue weighted by atomic mass is 35.5. The second-order valence-electron chi connectivity index (χ2n) is 6.07. The van der Waals surface area contributed by atoms with Gasteiger partial charge in [0.1, 0.15) is 15.8 Å². The Hall–Kier alpha value is -2.89. The Morgan fingerprint density at radius 2 is 1.43 bits per heavy atom. The molecular weight excluding hydrogens is 399 g/mol. The van der Waals surface area contributed by atoms with Gasteiger partial charge in [-0.05, 0) is 19.1 Å². The largest absolute Gasteiger partial charge is 0.488 e. The monoisotopic (exact) mass is 412 g/mol. The van der Waals surface area contributed by atoms with Crippen LogP contribution in [0.3, 0.4) is 0 Å². The zero-order valence-corrected chi connectivity index (χ0v) is 16.3. The number of halogens is 2.